The Morgan fingerprint density at radius 2 is 1.95 bits per heavy atom. The molecule has 0 atom stereocenters. The minimum Gasteiger partial charge on any atom is -0.490 e. The summed E-state index contributed by atoms with van der Waals surface area (Å²) in [6.07, 6.45) is 3.89. The van der Waals surface area contributed by atoms with Crippen molar-refractivity contribution in [2.24, 2.45) is 0 Å². The van der Waals surface area contributed by atoms with Gasteiger partial charge in [-0.2, -0.15) is 5.26 Å². The monoisotopic (exact) mass is 249 g/mol. The quantitative estimate of drug-likeness (QED) is 0.821. The average molecular weight is 249 g/mol. The van der Waals surface area contributed by atoms with Crippen LogP contribution in [-0.4, -0.2) is 6.61 Å². The molecule has 19 heavy (non-hydrogen) atoms. The third-order valence-electron chi connectivity index (χ3n) is 2.69. The van der Waals surface area contributed by atoms with E-state index in [0.29, 0.717) is 12.2 Å². The van der Waals surface area contributed by atoms with E-state index in [0.717, 1.165) is 11.3 Å². The molecule has 2 aromatic carbocycles. The molecule has 0 aliphatic carbocycles. The molecule has 0 amide bonds. The summed E-state index contributed by atoms with van der Waals surface area (Å²) in [5, 5.41) is 8.81. The number of aryl methyl sites for hydroxylation is 1. The molecular weight excluding hydrogens is 234 g/mol. The van der Waals surface area contributed by atoms with E-state index in [1.807, 2.05) is 61.5 Å². The Bertz CT molecular complexity index is 606. The van der Waals surface area contributed by atoms with Crippen molar-refractivity contribution in [3.63, 3.8) is 0 Å². The van der Waals surface area contributed by atoms with Crippen molar-refractivity contribution in [3.05, 3.63) is 71.3 Å². The van der Waals surface area contributed by atoms with Gasteiger partial charge in [-0.3, -0.25) is 0 Å². The lowest BCUT2D eigenvalue weighted by molar-refractivity contribution is 0.363. The molecule has 0 aromatic heterocycles. The first-order chi connectivity index (χ1) is 9.28. The molecule has 0 bridgehead atoms. The second kappa shape index (κ2) is 6.42. The smallest absolute Gasteiger partial charge is 0.119 e. The number of rotatable bonds is 4. The molecule has 2 heteroatoms. The summed E-state index contributed by atoms with van der Waals surface area (Å²) in [6, 6.07) is 17.6. The Kier molecular flexibility index (Phi) is 4.36. The van der Waals surface area contributed by atoms with Crippen molar-refractivity contribution in [2.75, 3.05) is 6.61 Å². The summed E-state index contributed by atoms with van der Waals surface area (Å²) in [5.41, 5.74) is 2.89. The molecule has 94 valence electrons. The number of benzene rings is 2. The summed E-state index contributed by atoms with van der Waals surface area (Å²) in [5.74, 6) is 0.862. The molecular formula is C17H15NO. The van der Waals surface area contributed by atoms with Crippen LogP contribution in [0.4, 0.5) is 0 Å². The highest BCUT2D eigenvalue weighted by molar-refractivity contribution is 5.52. The van der Waals surface area contributed by atoms with Gasteiger partial charge in [0.1, 0.15) is 12.4 Å². The van der Waals surface area contributed by atoms with Crippen LogP contribution in [0, 0.1) is 18.3 Å². The van der Waals surface area contributed by atoms with E-state index < -0.39 is 0 Å². The molecule has 0 N–H and O–H groups in total. The summed E-state index contributed by atoms with van der Waals surface area (Å²) < 4.78 is 5.59. The molecule has 2 nitrogen and oxygen atoms in total. The molecule has 0 heterocycles. The van der Waals surface area contributed by atoms with Crippen LogP contribution in [0.2, 0.25) is 0 Å². The first kappa shape index (κ1) is 12.9. The van der Waals surface area contributed by atoms with Gasteiger partial charge in [0.05, 0.1) is 11.6 Å². The lowest BCUT2D eigenvalue weighted by Gasteiger charge is -2.02. The van der Waals surface area contributed by atoms with Gasteiger partial charge in [-0.1, -0.05) is 35.9 Å². The summed E-state index contributed by atoms with van der Waals surface area (Å²) >= 11 is 0. The summed E-state index contributed by atoms with van der Waals surface area (Å²) in [6.45, 7) is 2.56. The maximum absolute atomic E-state index is 8.81. The second-order valence-corrected chi connectivity index (χ2v) is 4.26. The Morgan fingerprint density at radius 1 is 1.16 bits per heavy atom. The first-order valence-electron chi connectivity index (χ1n) is 6.14. The third-order valence-corrected chi connectivity index (χ3v) is 2.69. The van der Waals surface area contributed by atoms with E-state index in [-0.39, 0.29) is 0 Å². The van der Waals surface area contributed by atoms with Gasteiger partial charge in [0, 0.05) is 0 Å². The van der Waals surface area contributed by atoms with Gasteiger partial charge in [0.15, 0.2) is 0 Å². The van der Waals surface area contributed by atoms with Crippen molar-refractivity contribution in [1.29, 1.82) is 5.26 Å². The Labute approximate surface area is 113 Å². The Balaban J connectivity index is 1.90. The van der Waals surface area contributed by atoms with Crippen LogP contribution in [0.1, 0.15) is 16.7 Å². The van der Waals surface area contributed by atoms with Crippen LogP contribution in [0.15, 0.2) is 54.6 Å². The predicted octanol–water partition coefficient (Wildman–Crippen LogP) is 3.96. The van der Waals surface area contributed by atoms with Crippen molar-refractivity contribution in [1.82, 2.24) is 0 Å². The van der Waals surface area contributed by atoms with Crippen molar-refractivity contribution < 1.29 is 4.74 Å². The van der Waals surface area contributed by atoms with Crippen LogP contribution in [0.5, 0.6) is 5.75 Å². The fourth-order valence-corrected chi connectivity index (χ4v) is 1.67. The minimum absolute atomic E-state index is 0.514. The van der Waals surface area contributed by atoms with Gasteiger partial charge < -0.3 is 4.74 Å². The van der Waals surface area contributed by atoms with E-state index in [2.05, 4.69) is 6.07 Å². The van der Waals surface area contributed by atoms with Crippen molar-refractivity contribution >= 4 is 6.08 Å². The number of nitrogens with zero attached hydrogens (tertiary/aromatic N) is 1. The summed E-state index contributed by atoms with van der Waals surface area (Å²) in [4.78, 5) is 0. The highest BCUT2D eigenvalue weighted by Gasteiger charge is 1.92. The average Bonchev–Trinajstić information content (AvgIpc) is 2.46. The van der Waals surface area contributed by atoms with E-state index in [4.69, 9.17) is 10.00 Å². The number of hydrogen-bond donors (Lipinski definition) is 0. The molecule has 2 rings (SSSR count). The Morgan fingerprint density at radius 3 is 2.68 bits per heavy atom. The largest absolute Gasteiger partial charge is 0.490 e. The zero-order valence-corrected chi connectivity index (χ0v) is 10.8. The van der Waals surface area contributed by atoms with E-state index in [9.17, 15) is 0 Å². The zero-order chi connectivity index (χ0) is 13.5. The van der Waals surface area contributed by atoms with Crippen LogP contribution in [0.25, 0.3) is 6.08 Å². The highest BCUT2D eigenvalue weighted by atomic mass is 16.5. The van der Waals surface area contributed by atoms with Crippen LogP contribution in [-0.2, 0) is 0 Å². The number of hydrogen-bond acceptors (Lipinski definition) is 2. The van der Waals surface area contributed by atoms with Crippen LogP contribution in [0.3, 0.4) is 0 Å². The fraction of sp³-hybridized carbons (Fsp3) is 0.118. The summed E-state index contributed by atoms with van der Waals surface area (Å²) in [7, 11) is 0. The van der Waals surface area contributed by atoms with Crippen molar-refractivity contribution in [3.8, 4) is 11.8 Å². The molecule has 0 radical (unpaired) electrons. The standard InChI is InChI=1S/C17H15NO/c1-14-7-9-17(10-8-14)19-11-3-6-15-4-2-5-16(12-15)13-18/h2-10,12H,11H2,1H3. The van der Waals surface area contributed by atoms with Gasteiger partial charge in [0.25, 0.3) is 0 Å². The number of ether oxygens (including phenoxy) is 1. The van der Waals surface area contributed by atoms with Gasteiger partial charge in [0.2, 0.25) is 0 Å². The molecule has 0 aliphatic heterocycles. The molecule has 0 saturated carbocycles. The number of nitriles is 1. The van der Waals surface area contributed by atoms with Gasteiger partial charge in [-0.05, 0) is 42.8 Å². The lowest BCUT2D eigenvalue weighted by atomic mass is 10.1. The van der Waals surface area contributed by atoms with Gasteiger partial charge in [-0.25, -0.2) is 0 Å². The van der Waals surface area contributed by atoms with E-state index >= 15 is 0 Å². The predicted molar refractivity (Wildman–Crippen MR) is 76.9 cm³/mol. The highest BCUT2D eigenvalue weighted by Crippen LogP contribution is 2.11. The second-order valence-electron chi connectivity index (χ2n) is 4.26. The molecule has 0 fully saturated rings. The van der Waals surface area contributed by atoms with Crippen LogP contribution < -0.4 is 4.74 Å². The maximum atomic E-state index is 8.81. The maximum Gasteiger partial charge on any atom is 0.119 e. The topological polar surface area (TPSA) is 33.0 Å². The Hall–Kier alpha value is -2.53. The van der Waals surface area contributed by atoms with Gasteiger partial charge >= 0.3 is 0 Å². The lowest BCUT2D eigenvalue weighted by Crippen LogP contribution is -1.92. The minimum atomic E-state index is 0.514. The molecule has 0 spiro atoms. The zero-order valence-electron chi connectivity index (χ0n) is 10.8. The fourth-order valence-electron chi connectivity index (χ4n) is 1.67. The van der Waals surface area contributed by atoms with Gasteiger partial charge in [-0.15, -0.1) is 0 Å². The molecule has 0 aliphatic rings. The van der Waals surface area contributed by atoms with Crippen molar-refractivity contribution in [2.45, 2.75) is 6.92 Å². The molecule has 0 unspecified atom stereocenters. The molecule has 0 saturated heterocycles. The SMILES string of the molecule is Cc1ccc(OCC=Cc2cccc(C#N)c2)cc1. The normalized spacial score (nSPS) is 10.3. The first-order valence-corrected chi connectivity index (χ1v) is 6.14. The third kappa shape index (κ3) is 4.01. The van der Waals surface area contributed by atoms with E-state index in [1.165, 1.54) is 5.56 Å². The van der Waals surface area contributed by atoms with E-state index in [1.54, 1.807) is 6.07 Å². The molecule has 2 aromatic rings. The van der Waals surface area contributed by atoms with Crippen LogP contribution >= 0.6 is 0 Å².